The molecule has 0 aliphatic rings. The molecule has 0 saturated heterocycles. The van der Waals surface area contributed by atoms with Crippen molar-refractivity contribution in [2.45, 2.75) is 32.9 Å². The Labute approximate surface area is 127 Å². The van der Waals surface area contributed by atoms with Crippen LogP contribution in [0.3, 0.4) is 0 Å². The average molecular weight is 306 g/mol. The number of halogens is 1. The van der Waals surface area contributed by atoms with Crippen LogP contribution >= 0.6 is 11.6 Å². The summed E-state index contributed by atoms with van der Waals surface area (Å²) >= 11 is 5.97. The predicted octanol–water partition coefficient (Wildman–Crippen LogP) is 3.66. The Balaban J connectivity index is 2.00. The molecule has 1 unspecified atom stereocenters. The molecule has 0 amide bonds. The lowest BCUT2D eigenvalue weighted by Gasteiger charge is -2.14. The molecule has 0 spiro atoms. The molecule has 0 aromatic carbocycles. The van der Waals surface area contributed by atoms with Gasteiger partial charge in [-0.15, -0.1) is 0 Å². The molecule has 3 aromatic rings. The van der Waals surface area contributed by atoms with Gasteiger partial charge >= 0.3 is 0 Å². The van der Waals surface area contributed by atoms with Crippen LogP contribution in [0.4, 0.5) is 5.82 Å². The summed E-state index contributed by atoms with van der Waals surface area (Å²) in [6, 6.07) is 4.06. The Morgan fingerprint density at radius 1 is 1.43 bits per heavy atom. The van der Waals surface area contributed by atoms with E-state index in [1.165, 1.54) is 0 Å². The van der Waals surface area contributed by atoms with Crippen LogP contribution in [0.15, 0.2) is 29.1 Å². The summed E-state index contributed by atoms with van der Waals surface area (Å²) in [4.78, 5) is 12.8. The van der Waals surface area contributed by atoms with Gasteiger partial charge in [0.2, 0.25) is 5.28 Å². The smallest absolute Gasteiger partial charge is 0.226 e. The fourth-order valence-electron chi connectivity index (χ4n) is 2.16. The maximum Gasteiger partial charge on any atom is 0.226 e. The van der Waals surface area contributed by atoms with E-state index in [1.807, 2.05) is 12.1 Å². The quantitative estimate of drug-likeness (QED) is 0.729. The van der Waals surface area contributed by atoms with E-state index in [-0.39, 0.29) is 5.28 Å². The van der Waals surface area contributed by atoms with Gasteiger partial charge in [-0.25, -0.2) is 4.98 Å². The Kier molecular flexibility index (Phi) is 3.79. The third-order valence-corrected chi connectivity index (χ3v) is 3.65. The number of fused-ring (bicyclic) bond motifs is 1. The van der Waals surface area contributed by atoms with Crippen LogP contribution in [0.1, 0.15) is 32.1 Å². The number of hydrogen-bond donors (Lipinski definition) is 1. The second-order valence-corrected chi connectivity index (χ2v) is 5.19. The normalized spacial score (nSPS) is 12.7. The van der Waals surface area contributed by atoms with Gasteiger partial charge in [0.25, 0.3) is 0 Å². The van der Waals surface area contributed by atoms with Gasteiger partial charge in [-0.3, -0.25) is 0 Å². The van der Waals surface area contributed by atoms with Crippen molar-refractivity contribution in [2.75, 3.05) is 5.32 Å². The minimum absolute atomic E-state index is 0.179. The van der Waals surface area contributed by atoms with Gasteiger partial charge in [-0.1, -0.05) is 6.92 Å². The number of anilines is 1. The lowest BCUT2D eigenvalue weighted by atomic mass is 10.2. The Bertz CT molecular complexity index is 737. The number of rotatable bonds is 5. The largest absolute Gasteiger partial charge is 0.467 e. The Morgan fingerprint density at radius 2 is 2.29 bits per heavy atom. The number of furan rings is 1. The summed E-state index contributed by atoms with van der Waals surface area (Å²) in [7, 11) is 0. The molecule has 7 heteroatoms. The highest BCUT2D eigenvalue weighted by Gasteiger charge is 2.15. The molecule has 0 fully saturated rings. The van der Waals surface area contributed by atoms with Crippen molar-refractivity contribution in [1.82, 2.24) is 19.5 Å². The van der Waals surface area contributed by atoms with Crippen LogP contribution in [0.25, 0.3) is 11.2 Å². The van der Waals surface area contributed by atoms with Crippen molar-refractivity contribution >= 4 is 28.6 Å². The van der Waals surface area contributed by atoms with E-state index < -0.39 is 0 Å². The Hall–Kier alpha value is -2.08. The highest BCUT2D eigenvalue weighted by Crippen LogP contribution is 2.26. The van der Waals surface area contributed by atoms with Crippen LogP contribution in [0, 0.1) is 0 Å². The van der Waals surface area contributed by atoms with Gasteiger partial charge in [0.05, 0.1) is 19.1 Å². The van der Waals surface area contributed by atoms with Gasteiger partial charge in [-0.05, 0) is 37.1 Å². The number of nitrogens with one attached hydrogen (secondary N) is 1. The van der Waals surface area contributed by atoms with Crippen LogP contribution in [-0.4, -0.2) is 19.5 Å². The van der Waals surface area contributed by atoms with E-state index in [2.05, 4.69) is 38.7 Å². The SMILES string of the molecule is CCC(C)n1cnc2nc(Cl)nc(NCc3ccco3)c21. The van der Waals surface area contributed by atoms with Crippen molar-refractivity contribution in [2.24, 2.45) is 0 Å². The molecule has 1 N–H and O–H groups in total. The molecular formula is C14H16ClN5O. The van der Waals surface area contributed by atoms with Crippen LogP contribution in [0.2, 0.25) is 5.28 Å². The van der Waals surface area contributed by atoms with E-state index >= 15 is 0 Å². The average Bonchev–Trinajstić information content (AvgIpc) is 3.12. The monoisotopic (exact) mass is 305 g/mol. The molecular weight excluding hydrogens is 290 g/mol. The minimum atomic E-state index is 0.179. The lowest BCUT2D eigenvalue weighted by molar-refractivity contribution is 0.517. The van der Waals surface area contributed by atoms with Crippen molar-refractivity contribution in [1.29, 1.82) is 0 Å². The molecule has 110 valence electrons. The standard InChI is InChI=1S/C14H16ClN5O/c1-3-9(2)20-8-17-13-11(20)12(18-14(15)19-13)16-7-10-5-4-6-21-10/h4-6,8-9H,3,7H2,1-2H3,(H,16,18,19). The number of nitrogens with zero attached hydrogens (tertiary/aromatic N) is 4. The first-order chi connectivity index (χ1) is 10.2. The zero-order valence-corrected chi connectivity index (χ0v) is 12.6. The van der Waals surface area contributed by atoms with Gasteiger partial charge in [0, 0.05) is 6.04 Å². The second-order valence-electron chi connectivity index (χ2n) is 4.86. The van der Waals surface area contributed by atoms with Crippen LogP contribution in [-0.2, 0) is 6.54 Å². The fraction of sp³-hybridized carbons (Fsp3) is 0.357. The second kappa shape index (κ2) is 5.73. The van der Waals surface area contributed by atoms with Crippen molar-refractivity contribution < 1.29 is 4.42 Å². The summed E-state index contributed by atoms with van der Waals surface area (Å²) in [6.07, 6.45) is 4.41. The minimum Gasteiger partial charge on any atom is -0.467 e. The third kappa shape index (κ3) is 2.71. The van der Waals surface area contributed by atoms with Crippen molar-refractivity contribution in [3.63, 3.8) is 0 Å². The number of aromatic nitrogens is 4. The van der Waals surface area contributed by atoms with Gasteiger partial charge in [0.15, 0.2) is 11.5 Å². The molecule has 0 radical (unpaired) electrons. The van der Waals surface area contributed by atoms with Crippen molar-refractivity contribution in [3.8, 4) is 0 Å². The zero-order chi connectivity index (χ0) is 14.8. The van der Waals surface area contributed by atoms with E-state index in [0.29, 0.717) is 24.1 Å². The maximum atomic E-state index is 5.97. The molecule has 0 aliphatic carbocycles. The highest BCUT2D eigenvalue weighted by atomic mass is 35.5. The molecule has 1 atom stereocenters. The summed E-state index contributed by atoms with van der Waals surface area (Å²) in [5.41, 5.74) is 1.46. The molecule has 21 heavy (non-hydrogen) atoms. The molecule has 3 rings (SSSR count). The Morgan fingerprint density at radius 3 is 3.00 bits per heavy atom. The molecule has 6 nitrogen and oxygen atoms in total. The fourth-order valence-corrected chi connectivity index (χ4v) is 2.32. The third-order valence-electron chi connectivity index (χ3n) is 3.48. The first kappa shape index (κ1) is 13.9. The van der Waals surface area contributed by atoms with E-state index in [0.717, 1.165) is 17.7 Å². The summed E-state index contributed by atoms with van der Waals surface area (Å²) in [6.45, 7) is 4.79. The summed E-state index contributed by atoms with van der Waals surface area (Å²) in [5.74, 6) is 1.49. The van der Waals surface area contributed by atoms with Gasteiger partial charge in [0.1, 0.15) is 11.3 Å². The lowest BCUT2D eigenvalue weighted by Crippen LogP contribution is -2.07. The number of imidazole rings is 1. The predicted molar refractivity (Wildman–Crippen MR) is 81.4 cm³/mol. The maximum absolute atomic E-state index is 5.97. The topological polar surface area (TPSA) is 68.8 Å². The van der Waals surface area contributed by atoms with E-state index in [1.54, 1.807) is 12.6 Å². The molecule has 3 aromatic heterocycles. The van der Waals surface area contributed by atoms with Crippen LogP contribution in [0.5, 0.6) is 0 Å². The number of hydrogen-bond acceptors (Lipinski definition) is 5. The molecule has 0 saturated carbocycles. The van der Waals surface area contributed by atoms with Gasteiger partial charge in [-0.2, -0.15) is 9.97 Å². The van der Waals surface area contributed by atoms with E-state index in [9.17, 15) is 0 Å². The molecule has 3 heterocycles. The summed E-state index contributed by atoms with van der Waals surface area (Å²) < 4.78 is 7.38. The highest BCUT2D eigenvalue weighted by molar-refractivity contribution is 6.28. The first-order valence-electron chi connectivity index (χ1n) is 6.85. The van der Waals surface area contributed by atoms with Crippen molar-refractivity contribution in [3.05, 3.63) is 35.8 Å². The van der Waals surface area contributed by atoms with Gasteiger partial charge < -0.3 is 14.3 Å². The van der Waals surface area contributed by atoms with E-state index in [4.69, 9.17) is 16.0 Å². The zero-order valence-electron chi connectivity index (χ0n) is 11.9. The molecule has 0 bridgehead atoms. The van der Waals surface area contributed by atoms with Crippen LogP contribution < -0.4 is 5.32 Å². The summed E-state index contributed by atoms with van der Waals surface area (Å²) in [5, 5.41) is 3.43. The first-order valence-corrected chi connectivity index (χ1v) is 7.23. The molecule has 0 aliphatic heterocycles.